The average molecular weight is 269 g/mol. The third-order valence-corrected chi connectivity index (χ3v) is 3.40. The van der Waals surface area contributed by atoms with E-state index in [0.29, 0.717) is 12.0 Å². The van der Waals surface area contributed by atoms with Gasteiger partial charge in [-0.05, 0) is 29.1 Å². The molecule has 1 aromatic heterocycles. The first-order valence-electron chi connectivity index (χ1n) is 5.54. The molecule has 0 spiro atoms. The zero-order valence-corrected chi connectivity index (χ0v) is 10.5. The first kappa shape index (κ1) is 13.0. The van der Waals surface area contributed by atoms with E-state index >= 15 is 0 Å². The molecule has 0 saturated carbocycles. The summed E-state index contributed by atoms with van der Waals surface area (Å²) in [6.45, 7) is 0.347. The van der Waals surface area contributed by atoms with E-state index < -0.39 is 11.6 Å². The van der Waals surface area contributed by atoms with Crippen LogP contribution in [0.2, 0.25) is 0 Å². The van der Waals surface area contributed by atoms with Crippen molar-refractivity contribution in [1.82, 2.24) is 0 Å². The van der Waals surface area contributed by atoms with Gasteiger partial charge in [-0.1, -0.05) is 6.07 Å². The van der Waals surface area contributed by atoms with E-state index in [9.17, 15) is 8.78 Å². The van der Waals surface area contributed by atoms with Gasteiger partial charge in [0.15, 0.2) is 17.4 Å². The molecule has 2 nitrogen and oxygen atoms in total. The lowest BCUT2D eigenvalue weighted by atomic mass is 10.2. The van der Waals surface area contributed by atoms with Crippen LogP contribution in [-0.4, -0.2) is 6.61 Å². The van der Waals surface area contributed by atoms with E-state index in [-0.39, 0.29) is 18.9 Å². The lowest BCUT2D eigenvalue weighted by molar-refractivity contribution is 0.289. The zero-order valence-electron chi connectivity index (χ0n) is 9.66. The van der Waals surface area contributed by atoms with Gasteiger partial charge in [-0.25, -0.2) is 8.78 Å². The molecule has 0 radical (unpaired) electrons. The van der Waals surface area contributed by atoms with Gasteiger partial charge < -0.3 is 10.5 Å². The molecule has 0 fully saturated rings. The third-order valence-electron chi connectivity index (χ3n) is 2.47. The smallest absolute Gasteiger partial charge is 0.190 e. The summed E-state index contributed by atoms with van der Waals surface area (Å²) in [5.41, 5.74) is 5.74. The van der Waals surface area contributed by atoms with Crippen LogP contribution < -0.4 is 10.5 Å². The minimum Gasteiger partial charge on any atom is -0.487 e. The Morgan fingerprint density at radius 1 is 1.22 bits per heavy atom. The number of halogens is 2. The van der Waals surface area contributed by atoms with Gasteiger partial charge in [0.1, 0.15) is 0 Å². The van der Waals surface area contributed by atoms with Crippen LogP contribution in [0, 0.1) is 11.6 Å². The molecule has 0 saturated heterocycles. The van der Waals surface area contributed by atoms with E-state index in [1.54, 1.807) is 11.3 Å². The maximum absolute atomic E-state index is 13.5. The topological polar surface area (TPSA) is 35.2 Å². The van der Waals surface area contributed by atoms with Crippen molar-refractivity contribution >= 4 is 11.3 Å². The number of hydrogen-bond donors (Lipinski definition) is 1. The van der Waals surface area contributed by atoms with Crippen LogP contribution in [0.25, 0.3) is 0 Å². The van der Waals surface area contributed by atoms with Gasteiger partial charge in [0.25, 0.3) is 0 Å². The van der Waals surface area contributed by atoms with Crippen LogP contribution in [0.1, 0.15) is 10.4 Å². The molecule has 0 aliphatic carbocycles. The van der Waals surface area contributed by atoms with Crippen LogP contribution in [0.4, 0.5) is 8.78 Å². The summed E-state index contributed by atoms with van der Waals surface area (Å²) in [7, 11) is 0. The monoisotopic (exact) mass is 269 g/mol. The number of thiophene rings is 1. The van der Waals surface area contributed by atoms with E-state index in [1.165, 1.54) is 12.1 Å². The van der Waals surface area contributed by atoms with E-state index in [1.807, 2.05) is 17.5 Å². The highest BCUT2D eigenvalue weighted by Gasteiger charge is 2.12. The fourth-order valence-electron chi connectivity index (χ4n) is 1.58. The van der Waals surface area contributed by atoms with Crippen molar-refractivity contribution in [2.45, 2.75) is 13.0 Å². The number of hydrogen-bond acceptors (Lipinski definition) is 3. The Labute approximate surface area is 108 Å². The summed E-state index contributed by atoms with van der Waals surface area (Å²) >= 11 is 1.59. The van der Waals surface area contributed by atoms with E-state index in [0.717, 1.165) is 4.88 Å². The summed E-state index contributed by atoms with van der Waals surface area (Å²) < 4.78 is 32.2. The maximum Gasteiger partial charge on any atom is 0.190 e. The SMILES string of the molecule is NCc1cc(F)c(OCCc2cccs2)c(F)c1. The molecule has 5 heteroatoms. The normalized spacial score (nSPS) is 10.6. The lowest BCUT2D eigenvalue weighted by Crippen LogP contribution is -2.05. The Morgan fingerprint density at radius 2 is 1.94 bits per heavy atom. The molecular weight excluding hydrogens is 256 g/mol. The molecule has 96 valence electrons. The second-order valence-corrected chi connectivity index (χ2v) is 4.80. The molecule has 1 heterocycles. The second kappa shape index (κ2) is 5.93. The first-order chi connectivity index (χ1) is 8.70. The van der Waals surface area contributed by atoms with Crippen molar-refractivity contribution in [2.75, 3.05) is 6.61 Å². The third kappa shape index (κ3) is 3.05. The van der Waals surface area contributed by atoms with Crippen molar-refractivity contribution < 1.29 is 13.5 Å². The van der Waals surface area contributed by atoms with Crippen molar-refractivity contribution in [1.29, 1.82) is 0 Å². The molecule has 2 aromatic rings. The molecule has 2 rings (SSSR count). The van der Waals surface area contributed by atoms with Crippen LogP contribution in [-0.2, 0) is 13.0 Å². The number of benzene rings is 1. The summed E-state index contributed by atoms with van der Waals surface area (Å²) in [6, 6.07) is 6.28. The van der Waals surface area contributed by atoms with Gasteiger partial charge in [-0.2, -0.15) is 0 Å². The zero-order chi connectivity index (χ0) is 13.0. The Morgan fingerprint density at radius 3 is 2.50 bits per heavy atom. The minimum atomic E-state index is -0.707. The Kier molecular flexibility index (Phi) is 4.28. The highest BCUT2D eigenvalue weighted by Crippen LogP contribution is 2.23. The first-order valence-corrected chi connectivity index (χ1v) is 6.42. The molecule has 18 heavy (non-hydrogen) atoms. The molecule has 2 N–H and O–H groups in total. The number of ether oxygens (including phenoxy) is 1. The molecule has 0 amide bonds. The Hall–Kier alpha value is -1.46. The largest absolute Gasteiger partial charge is 0.487 e. The fraction of sp³-hybridized carbons (Fsp3) is 0.231. The molecule has 0 unspecified atom stereocenters. The molecule has 1 aromatic carbocycles. The highest BCUT2D eigenvalue weighted by atomic mass is 32.1. The molecule has 0 bridgehead atoms. The fourth-order valence-corrected chi connectivity index (χ4v) is 2.27. The predicted molar refractivity (Wildman–Crippen MR) is 67.8 cm³/mol. The van der Waals surface area contributed by atoms with E-state index in [2.05, 4.69) is 0 Å². The van der Waals surface area contributed by atoms with Gasteiger partial charge in [0.05, 0.1) is 6.61 Å². The van der Waals surface area contributed by atoms with Crippen molar-refractivity contribution in [3.8, 4) is 5.75 Å². The average Bonchev–Trinajstić information content (AvgIpc) is 2.85. The summed E-state index contributed by atoms with van der Waals surface area (Å²) in [5.74, 6) is -1.74. The van der Waals surface area contributed by atoms with Gasteiger partial charge in [-0.3, -0.25) is 0 Å². The van der Waals surface area contributed by atoms with Gasteiger partial charge in [-0.15, -0.1) is 11.3 Å². The summed E-state index contributed by atoms with van der Waals surface area (Å²) in [5, 5.41) is 1.95. The molecule has 0 aliphatic heterocycles. The quantitative estimate of drug-likeness (QED) is 0.905. The molecular formula is C13H13F2NOS. The highest BCUT2D eigenvalue weighted by molar-refractivity contribution is 7.09. The predicted octanol–water partition coefficient (Wildman–Crippen LogP) is 3.11. The lowest BCUT2D eigenvalue weighted by Gasteiger charge is -2.09. The summed E-state index contributed by atoms with van der Waals surface area (Å²) in [6.07, 6.45) is 0.634. The maximum atomic E-state index is 13.5. The van der Waals surface area contributed by atoms with Crippen LogP contribution >= 0.6 is 11.3 Å². The van der Waals surface area contributed by atoms with Crippen molar-refractivity contribution in [3.63, 3.8) is 0 Å². The van der Waals surface area contributed by atoms with Crippen LogP contribution in [0.3, 0.4) is 0 Å². The number of nitrogens with two attached hydrogens (primary N) is 1. The summed E-state index contributed by atoms with van der Waals surface area (Å²) in [4.78, 5) is 1.12. The van der Waals surface area contributed by atoms with Crippen molar-refractivity contribution in [2.24, 2.45) is 5.73 Å². The second-order valence-electron chi connectivity index (χ2n) is 3.77. The number of rotatable bonds is 5. The Bertz CT molecular complexity index is 491. The van der Waals surface area contributed by atoms with Gasteiger partial charge in [0.2, 0.25) is 0 Å². The van der Waals surface area contributed by atoms with Crippen LogP contribution in [0.15, 0.2) is 29.6 Å². The van der Waals surface area contributed by atoms with Crippen molar-refractivity contribution in [3.05, 3.63) is 51.7 Å². The van der Waals surface area contributed by atoms with Gasteiger partial charge in [0, 0.05) is 17.8 Å². The Balaban J connectivity index is 2.01. The van der Waals surface area contributed by atoms with Crippen LogP contribution in [0.5, 0.6) is 5.75 Å². The standard InChI is InChI=1S/C13H13F2NOS/c14-11-6-9(8-16)7-12(15)13(11)17-4-3-10-2-1-5-18-10/h1-2,5-7H,3-4,8,16H2. The molecule has 0 atom stereocenters. The molecule has 0 aliphatic rings. The minimum absolute atomic E-state index is 0.101. The van der Waals surface area contributed by atoms with Gasteiger partial charge >= 0.3 is 0 Å². The van der Waals surface area contributed by atoms with E-state index in [4.69, 9.17) is 10.5 Å².